The lowest BCUT2D eigenvalue weighted by atomic mass is 9.90. The molecule has 2 nitrogen and oxygen atoms in total. The van der Waals surface area contributed by atoms with Crippen LogP contribution in [0.1, 0.15) is 36.8 Å². The highest BCUT2D eigenvalue weighted by Gasteiger charge is 2.15. The summed E-state index contributed by atoms with van der Waals surface area (Å²) in [6.45, 7) is 3.37. The molecular weight excluding hydrogens is 200 g/mol. The van der Waals surface area contributed by atoms with Gasteiger partial charge in [0, 0.05) is 19.6 Å². The maximum atomic E-state index is 11.1. The Bertz CT molecular complexity index is 365. The quantitative estimate of drug-likeness (QED) is 0.779. The van der Waals surface area contributed by atoms with Crippen molar-refractivity contribution in [2.24, 2.45) is 0 Å². The minimum Gasteiger partial charge on any atom is -0.381 e. The van der Waals surface area contributed by atoms with Gasteiger partial charge in [-0.2, -0.15) is 0 Å². The SMILES string of the molecule is CC(=O)Cc1cccc(C2CCOCC2)c1. The summed E-state index contributed by atoms with van der Waals surface area (Å²) in [4.78, 5) is 11.1. The van der Waals surface area contributed by atoms with Gasteiger partial charge in [0.2, 0.25) is 0 Å². The lowest BCUT2D eigenvalue weighted by Gasteiger charge is -2.22. The van der Waals surface area contributed by atoms with Crippen molar-refractivity contribution in [3.63, 3.8) is 0 Å². The molecule has 1 aromatic carbocycles. The van der Waals surface area contributed by atoms with Crippen molar-refractivity contribution < 1.29 is 9.53 Å². The summed E-state index contributed by atoms with van der Waals surface area (Å²) in [5, 5.41) is 0. The summed E-state index contributed by atoms with van der Waals surface area (Å²) >= 11 is 0. The highest BCUT2D eigenvalue weighted by atomic mass is 16.5. The zero-order valence-electron chi connectivity index (χ0n) is 9.74. The number of carbonyl (C=O) groups is 1. The van der Waals surface area contributed by atoms with Crippen molar-refractivity contribution in [2.45, 2.75) is 32.1 Å². The third-order valence-corrected chi connectivity index (χ3v) is 3.10. The van der Waals surface area contributed by atoms with E-state index in [0.717, 1.165) is 31.6 Å². The molecular formula is C14H18O2. The molecule has 0 amide bonds. The first kappa shape index (κ1) is 11.3. The number of hydrogen-bond donors (Lipinski definition) is 0. The summed E-state index contributed by atoms with van der Waals surface area (Å²) in [5.41, 5.74) is 2.50. The molecule has 0 atom stereocenters. The van der Waals surface area contributed by atoms with Crippen molar-refractivity contribution in [1.82, 2.24) is 0 Å². The van der Waals surface area contributed by atoms with E-state index in [-0.39, 0.29) is 5.78 Å². The summed E-state index contributed by atoms with van der Waals surface area (Å²) < 4.78 is 5.36. The van der Waals surface area contributed by atoms with Crippen LogP contribution in [-0.2, 0) is 16.0 Å². The third-order valence-electron chi connectivity index (χ3n) is 3.10. The van der Waals surface area contributed by atoms with Crippen molar-refractivity contribution in [2.75, 3.05) is 13.2 Å². The zero-order valence-corrected chi connectivity index (χ0v) is 9.74. The van der Waals surface area contributed by atoms with Gasteiger partial charge in [0.25, 0.3) is 0 Å². The maximum absolute atomic E-state index is 11.1. The van der Waals surface area contributed by atoms with Crippen LogP contribution in [0, 0.1) is 0 Å². The van der Waals surface area contributed by atoms with Crippen molar-refractivity contribution >= 4 is 5.78 Å². The number of rotatable bonds is 3. The van der Waals surface area contributed by atoms with E-state index in [9.17, 15) is 4.79 Å². The molecule has 1 aliphatic rings. The predicted molar refractivity (Wildman–Crippen MR) is 63.6 cm³/mol. The highest BCUT2D eigenvalue weighted by molar-refractivity contribution is 5.78. The fourth-order valence-corrected chi connectivity index (χ4v) is 2.28. The standard InChI is InChI=1S/C14H18O2/c1-11(15)9-12-3-2-4-14(10-12)13-5-7-16-8-6-13/h2-4,10,13H,5-9H2,1H3. The monoisotopic (exact) mass is 218 g/mol. The van der Waals surface area contributed by atoms with E-state index in [4.69, 9.17) is 4.74 Å². The van der Waals surface area contributed by atoms with Gasteiger partial charge in [-0.15, -0.1) is 0 Å². The fraction of sp³-hybridized carbons (Fsp3) is 0.500. The van der Waals surface area contributed by atoms with Crippen LogP contribution in [0.4, 0.5) is 0 Å². The first-order chi connectivity index (χ1) is 7.75. The van der Waals surface area contributed by atoms with Gasteiger partial charge in [0.1, 0.15) is 5.78 Å². The van der Waals surface area contributed by atoms with E-state index in [2.05, 4.69) is 18.2 Å². The second-order valence-corrected chi connectivity index (χ2v) is 4.51. The molecule has 2 heteroatoms. The lowest BCUT2D eigenvalue weighted by molar-refractivity contribution is -0.116. The Hall–Kier alpha value is -1.15. The van der Waals surface area contributed by atoms with Crippen LogP contribution >= 0.6 is 0 Å². The van der Waals surface area contributed by atoms with Crippen LogP contribution in [0.5, 0.6) is 0 Å². The van der Waals surface area contributed by atoms with Gasteiger partial charge >= 0.3 is 0 Å². The summed E-state index contributed by atoms with van der Waals surface area (Å²) in [6, 6.07) is 8.43. The Kier molecular flexibility index (Phi) is 3.73. The minimum absolute atomic E-state index is 0.226. The second-order valence-electron chi connectivity index (χ2n) is 4.51. The van der Waals surface area contributed by atoms with Gasteiger partial charge < -0.3 is 4.74 Å². The molecule has 1 saturated heterocycles. The van der Waals surface area contributed by atoms with E-state index in [1.54, 1.807) is 6.92 Å². The van der Waals surface area contributed by atoms with Crippen LogP contribution in [-0.4, -0.2) is 19.0 Å². The number of benzene rings is 1. The summed E-state index contributed by atoms with van der Waals surface area (Å²) in [5.74, 6) is 0.838. The molecule has 1 aromatic rings. The number of Topliss-reactive ketones (excluding diaryl/α,β-unsaturated/α-hetero) is 1. The van der Waals surface area contributed by atoms with Crippen molar-refractivity contribution in [3.8, 4) is 0 Å². The van der Waals surface area contributed by atoms with Gasteiger partial charge in [-0.3, -0.25) is 4.79 Å². The van der Waals surface area contributed by atoms with Gasteiger partial charge in [-0.1, -0.05) is 24.3 Å². The van der Waals surface area contributed by atoms with Crippen LogP contribution in [0.2, 0.25) is 0 Å². The van der Waals surface area contributed by atoms with Gasteiger partial charge in [-0.25, -0.2) is 0 Å². The van der Waals surface area contributed by atoms with Gasteiger partial charge in [0.05, 0.1) is 0 Å². The molecule has 0 aliphatic carbocycles. The van der Waals surface area contributed by atoms with Crippen molar-refractivity contribution in [3.05, 3.63) is 35.4 Å². The second kappa shape index (κ2) is 5.26. The average Bonchev–Trinajstić information content (AvgIpc) is 2.30. The number of ketones is 1. The Morgan fingerprint density at radius 2 is 2.12 bits per heavy atom. The highest BCUT2D eigenvalue weighted by Crippen LogP contribution is 2.27. The van der Waals surface area contributed by atoms with E-state index >= 15 is 0 Å². The van der Waals surface area contributed by atoms with E-state index in [1.165, 1.54) is 5.56 Å². The van der Waals surface area contributed by atoms with Gasteiger partial charge in [0.15, 0.2) is 0 Å². The van der Waals surface area contributed by atoms with Crippen LogP contribution in [0.15, 0.2) is 24.3 Å². The van der Waals surface area contributed by atoms with Crippen LogP contribution < -0.4 is 0 Å². The van der Waals surface area contributed by atoms with E-state index < -0.39 is 0 Å². The molecule has 1 heterocycles. The Morgan fingerprint density at radius 1 is 1.38 bits per heavy atom. The Labute approximate surface area is 96.6 Å². The third kappa shape index (κ3) is 2.92. The molecule has 86 valence electrons. The smallest absolute Gasteiger partial charge is 0.134 e. The first-order valence-electron chi connectivity index (χ1n) is 5.92. The average molecular weight is 218 g/mol. The molecule has 0 spiro atoms. The first-order valence-corrected chi connectivity index (χ1v) is 5.92. The number of carbonyl (C=O) groups excluding carboxylic acids is 1. The normalized spacial score (nSPS) is 17.3. The van der Waals surface area contributed by atoms with Gasteiger partial charge in [-0.05, 0) is 36.8 Å². The summed E-state index contributed by atoms with van der Waals surface area (Å²) in [6.07, 6.45) is 2.75. The Morgan fingerprint density at radius 3 is 2.81 bits per heavy atom. The zero-order chi connectivity index (χ0) is 11.4. The minimum atomic E-state index is 0.226. The molecule has 0 saturated carbocycles. The topological polar surface area (TPSA) is 26.3 Å². The Balaban J connectivity index is 2.11. The maximum Gasteiger partial charge on any atom is 0.134 e. The van der Waals surface area contributed by atoms with E-state index in [0.29, 0.717) is 12.3 Å². The largest absolute Gasteiger partial charge is 0.381 e. The molecule has 16 heavy (non-hydrogen) atoms. The van der Waals surface area contributed by atoms with E-state index in [1.807, 2.05) is 6.07 Å². The molecule has 0 aromatic heterocycles. The predicted octanol–water partition coefficient (Wildman–Crippen LogP) is 2.71. The molecule has 0 bridgehead atoms. The summed E-state index contributed by atoms with van der Waals surface area (Å²) in [7, 11) is 0. The molecule has 0 unspecified atom stereocenters. The number of ether oxygens (including phenoxy) is 1. The fourth-order valence-electron chi connectivity index (χ4n) is 2.28. The lowest BCUT2D eigenvalue weighted by Crippen LogP contribution is -2.14. The molecule has 0 N–H and O–H groups in total. The molecule has 1 fully saturated rings. The molecule has 0 radical (unpaired) electrons. The van der Waals surface area contributed by atoms with Crippen LogP contribution in [0.3, 0.4) is 0 Å². The molecule has 1 aliphatic heterocycles. The van der Waals surface area contributed by atoms with Crippen LogP contribution in [0.25, 0.3) is 0 Å². The van der Waals surface area contributed by atoms with Crippen molar-refractivity contribution in [1.29, 1.82) is 0 Å². The molecule has 2 rings (SSSR count). The number of hydrogen-bond acceptors (Lipinski definition) is 2.